The average molecular weight is 266 g/mol. The van der Waals surface area contributed by atoms with Gasteiger partial charge in [-0.3, -0.25) is 4.98 Å². The Balaban J connectivity index is 2.35. The lowest BCUT2D eigenvalue weighted by Crippen LogP contribution is -2.07. The van der Waals surface area contributed by atoms with Crippen LogP contribution in [0.1, 0.15) is 18.5 Å². The highest BCUT2D eigenvalue weighted by Gasteiger charge is 2.13. The van der Waals surface area contributed by atoms with Crippen molar-refractivity contribution in [3.8, 4) is 11.1 Å². The van der Waals surface area contributed by atoms with E-state index in [0.29, 0.717) is 0 Å². The Morgan fingerprint density at radius 3 is 2.45 bits per heavy atom. The summed E-state index contributed by atoms with van der Waals surface area (Å²) in [6, 6.07) is 14.3. The highest BCUT2D eigenvalue weighted by molar-refractivity contribution is 5.96. The van der Waals surface area contributed by atoms with Crippen LogP contribution < -0.4 is 5.73 Å². The third-order valence-electron chi connectivity index (χ3n) is 3.43. The van der Waals surface area contributed by atoms with E-state index in [1.165, 1.54) is 12.1 Å². The van der Waals surface area contributed by atoms with Gasteiger partial charge < -0.3 is 5.73 Å². The number of nitrogens with zero attached hydrogens (tertiary/aromatic N) is 1. The third-order valence-corrected chi connectivity index (χ3v) is 3.43. The number of pyridine rings is 1. The zero-order valence-electron chi connectivity index (χ0n) is 11.2. The Labute approximate surface area is 117 Å². The first kappa shape index (κ1) is 12.8. The molecule has 3 heteroatoms. The molecule has 0 aliphatic carbocycles. The maximum atomic E-state index is 13.1. The Bertz CT molecular complexity index is 749. The van der Waals surface area contributed by atoms with Crippen molar-refractivity contribution in [2.45, 2.75) is 13.0 Å². The van der Waals surface area contributed by atoms with Crippen molar-refractivity contribution in [3.05, 3.63) is 66.1 Å². The molecule has 2 nitrogen and oxygen atoms in total. The first-order valence-electron chi connectivity index (χ1n) is 6.56. The van der Waals surface area contributed by atoms with E-state index in [2.05, 4.69) is 4.98 Å². The van der Waals surface area contributed by atoms with Crippen molar-refractivity contribution in [3.63, 3.8) is 0 Å². The molecule has 0 saturated carbocycles. The second kappa shape index (κ2) is 5.02. The van der Waals surface area contributed by atoms with Gasteiger partial charge in [-0.2, -0.15) is 0 Å². The van der Waals surface area contributed by atoms with Crippen LogP contribution in [0, 0.1) is 5.82 Å². The van der Waals surface area contributed by atoms with Crippen LogP contribution in [0.25, 0.3) is 22.0 Å². The molecule has 0 fully saturated rings. The lowest BCUT2D eigenvalue weighted by Gasteiger charge is -2.15. The number of hydrogen-bond donors (Lipinski definition) is 1. The van der Waals surface area contributed by atoms with Gasteiger partial charge in [-0.1, -0.05) is 30.3 Å². The molecule has 1 aromatic heterocycles. The van der Waals surface area contributed by atoms with Crippen LogP contribution in [0.15, 0.2) is 54.7 Å². The molecule has 100 valence electrons. The second-order valence-electron chi connectivity index (χ2n) is 4.90. The van der Waals surface area contributed by atoms with Gasteiger partial charge in [0.2, 0.25) is 0 Å². The monoisotopic (exact) mass is 266 g/mol. The molecule has 3 rings (SSSR count). The van der Waals surface area contributed by atoms with Gasteiger partial charge in [0, 0.05) is 17.6 Å². The number of rotatable bonds is 2. The minimum Gasteiger partial charge on any atom is -0.324 e. The van der Waals surface area contributed by atoms with Gasteiger partial charge in [0.1, 0.15) is 5.82 Å². The maximum absolute atomic E-state index is 13.1. The predicted octanol–water partition coefficient (Wildman–Crippen LogP) is 4.06. The van der Waals surface area contributed by atoms with Crippen LogP contribution in [-0.2, 0) is 0 Å². The van der Waals surface area contributed by atoms with Gasteiger partial charge in [0.05, 0.1) is 5.52 Å². The third kappa shape index (κ3) is 2.17. The molecule has 1 unspecified atom stereocenters. The molecular weight excluding hydrogens is 251 g/mol. The van der Waals surface area contributed by atoms with E-state index in [0.717, 1.165) is 27.6 Å². The van der Waals surface area contributed by atoms with Crippen molar-refractivity contribution >= 4 is 10.9 Å². The topological polar surface area (TPSA) is 38.9 Å². The van der Waals surface area contributed by atoms with Gasteiger partial charge in [-0.15, -0.1) is 0 Å². The molecule has 20 heavy (non-hydrogen) atoms. The fourth-order valence-corrected chi connectivity index (χ4v) is 2.44. The van der Waals surface area contributed by atoms with Crippen LogP contribution in [0.2, 0.25) is 0 Å². The van der Waals surface area contributed by atoms with E-state index in [4.69, 9.17) is 5.73 Å². The number of fused-ring (bicyclic) bond motifs is 1. The molecule has 2 N–H and O–H groups in total. The fourth-order valence-electron chi connectivity index (χ4n) is 2.44. The smallest absolute Gasteiger partial charge is 0.123 e. The highest BCUT2D eigenvalue weighted by atomic mass is 19.1. The average Bonchev–Trinajstić information content (AvgIpc) is 2.47. The number of aromatic nitrogens is 1. The van der Waals surface area contributed by atoms with E-state index in [1.807, 2.05) is 37.4 Å². The summed E-state index contributed by atoms with van der Waals surface area (Å²) in [5, 5.41) is 1.04. The van der Waals surface area contributed by atoms with E-state index in [1.54, 1.807) is 12.1 Å². The number of nitrogens with two attached hydrogens (primary N) is 1. The minimum absolute atomic E-state index is 0.132. The van der Waals surface area contributed by atoms with Crippen LogP contribution in [0.3, 0.4) is 0 Å². The van der Waals surface area contributed by atoms with Crippen molar-refractivity contribution in [2.24, 2.45) is 5.73 Å². The van der Waals surface area contributed by atoms with Crippen LogP contribution in [-0.4, -0.2) is 4.98 Å². The lowest BCUT2D eigenvalue weighted by molar-refractivity contribution is 0.628. The molecule has 2 aromatic carbocycles. The first-order chi connectivity index (χ1) is 9.66. The molecule has 0 amide bonds. The van der Waals surface area contributed by atoms with Crippen molar-refractivity contribution in [1.82, 2.24) is 4.98 Å². The summed E-state index contributed by atoms with van der Waals surface area (Å²) in [6.07, 6.45) is 1.81. The standard InChI is InChI=1S/C17H15FN2/c1-11(19)15-10-20-16-5-3-2-4-14(16)17(15)12-6-8-13(18)9-7-12/h2-11H,19H2,1H3. The molecule has 1 atom stereocenters. The molecular formula is C17H15FN2. The summed E-state index contributed by atoms with van der Waals surface area (Å²) in [6.45, 7) is 1.93. The largest absolute Gasteiger partial charge is 0.324 e. The zero-order valence-corrected chi connectivity index (χ0v) is 11.2. The Morgan fingerprint density at radius 1 is 1.05 bits per heavy atom. The van der Waals surface area contributed by atoms with Gasteiger partial charge >= 0.3 is 0 Å². The molecule has 0 saturated heterocycles. The normalized spacial score (nSPS) is 12.6. The summed E-state index contributed by atoms with van der Waals surface area (Å²) in [7, 11) is 0. The van der Waals surface area contributed by atoms with Crippen molar-refractivity contribution in [2.75, 3.05) is 0 Å². The van der Waals surface area contributed by atoms with Crippen LogP contribution in [0.5, 0.6) is 0 Å². The molecule has 0 aliphatic rings. The van der Waals surface area contributed by atoms with E-state index >= 15 is 0 Å². The predicted molar refractivity (Wildman–Crippen MR) is 79.7 cm³/mol. The number of benzene rings is 2. The summed E-state index contributed by atoms with van der Waals surface area (Å²) in [5.74, 6) is -0.241. The molecule has 0 spiro atoms. The maximum Gasteiger partial charge on any atom is 0.123 e. The van der Waals surface area contributed by atoms with Gasteiger partial charge in [0.25, 0.3) is 0 Å². The zero-order chi connectivity index (χ0) is 14.1. The minimum atomic E-state index is -0.241. The SMILES string of the molecule is CC(N)c1cnc2ccccc2c1-c1ccc(F)cc1. The van der Waals surface area contributed by atoms with E-state index in [9.17, 15) is 4.39 Å². The second-order valence-corrected chi connectivity index (χ2v) is 4.90. The molecule has 0 aliphatic heterocycles. The van der Waals surface area contributed by atoms with E-state index in [-0.39, 0.29) is 11.9 Å². The number of halogens is 1. The molecule has 0 radical (unpaired) electrons. The fraction of sp³-hybridized carbons (Fsp3) is 0.118. The van der Waals surface area contributed by atoms with Crippen LogP contribution >= 0.6 is 0 Å². The summed E-state index contributed by atoms with van der Waals surface area (Å²) in [5.41, 5.74) is 9.93. The molecule has 0 bridgehead atoms. The summed E-state index contributed by atoms with van der Waals surface area (Å²) in [4.78, 5) is 4.45. The number of hydrogen-bond acceptors (Lipinski definition) is 2. The Kier molecular flexibility index (Phi) is 3.20. The Hall–Kier alpha value is -2.26. The summed E-state index contributed by atoms with van der Waals surface area (Å²) >= 11 is 0. The van der Waals surface area contributed by atoms with E-state index < -0.39 is 0 Å². The summed E-state index contributed by atoms with van der Waals surface area (Å²) < 4.78 is 13.1. The lowest BCUT2D eigenvalue weighted by atomic mass is 9.93. The van der Waals surface area contributed by atoms with Crippen LogP contribution in [0.4, 0.5) is 4.39 Å². The molecule has 3 aromatic rings. The number of para-hydroxylation sites is 1. The molecule has 1 heterocycles. The highest BCUT2D eigenvalue weighted by Crippen LogP contribution is 2.33. The van der Waals surface area contributed by atoms with Crippen molar-refractivity contribution < 1.29 is 4.39 Å². The van der Waals surface area contributed by atoms with Gasteiger partial charge in [-0.25, -0.2) is 4.39 Å². The first-order valence-corrected chi connectivity index (χ1v) is 6.56. The Morgan fingerprint density at radius 2 is 1.75 bits per heavy atom. The quantitative estimate of drug-likeness (QED) is 0.759. The van der Waals surface area contributed by atoms with Gasteiger partial charge in [-0.05, 0) is 41.8 Å². The van der Waals surface area contributed by atoms with Crippen molar-refractivity contribution in [1.29, 1.82) is 0 Å². The van der Waals surface area contributed by atoms with Gasteiger partial charge in [0.15, 0.2) is 0 Å².